The zero-order valence-electron chi connectivity index (χ0n) is 18.2. The van der Waals surface area contributed by atoms with Crippen molar-refractivity contribution in [2.24, 2.45) is 0 Å². The van der Waals surface area contributed by atoms with Gasteiger partial charge < -0.3 is 14.8 Å². The molecule has 14 heteroatoms. The number of methoxy groups -OCH3 is 2. The number of nitrogens with zero attached hydrogens (tertiary/aromatic N) is 3. The first-order valence-electron chi connectivity index (χ1n) is 9.63. The summed E-state index contributed by atoms with van der Waals surface area (Å²) in [5, 5.41) is 14.5. The number of carbonyl (C=O) groups excluding carboxylic acids is 3. The van der Waals surface area contributed by atoms with Crippen LogP contribution in [0.3, 0.4) is 0 Å². The Morgan fingerprint density at radius 1 is 0.914 bits per heavy atom. The van der Waals surface area contributed by atoms with E-state index in [2.05, 4.69) is 51.5 Å². The van der Waals surface area contributed by atoms with Crippen molar-refractivity contribution < 1.29 is 28.8 Å². The second kappa shape index (κ2) is 11.0. The highest BCUT2D eigenvalue weighted by molar-refractivity contribution is 9.10. The first-order valence-corrected chi connectivity index (χ1v) is 10.4. The van der Waals surface area contributed by atoms with E-state index in [0.29, 0.717) is 5.56 Å². The topological polar surface area (TPSA) is 175 Å². The van der Waals surface area contributed by atoms with Gasteiger partial charge in [-0.05, 0) is 42.5 Å². The Balaban J connectivity index is 1.92. The number of anilines is 3. The summed E-state index contributed by atoms with van der Waals surface area (Å²) < 4.78 is 10.1. The van der Waals surface area contributed by atoms with Crippen molar-refractivity contribution in [2.45, 2.75) is 0 Å². The van der Waals surface area contributed by atoms with Crippen LogP contribution < -0.4 is 16.2 Å². The number of halogens is 1. The number of rotatable bonds is 8. The quantitative estimate of drug-likeness (QED) is 0.215. The van der Waals surface area contributed by atoms with Crippen molar-refractivity contribution >= 4 is 56.8 Å². The molecule has 0 saturated heterocycles. The number of benzene rings is 2. The van der Waals surface area contributed by atoms with E-state index in [9.17, 15) is 24.5 Å². The molecule has 0 saturated carbocycles. The van der Waals surface area contributed by atoms with Crippen molar-refractivity contribution in [1.82, 2.24) is 15.4 Å². The van der Waals surface area contributed by atoms with Gasteiger partial charge in [-0.3, -0.25) is 25.8 Å². The third-order valence-electron chi connectivity index (χ3n) is 4.44. The molecular formula is C21H17BrN6O7. The maximum atomic E-state index is 12.3. The average molecular weight is 545 g/mol. The predicted molar refractivity (Wildman–Crippen MR) is 126 cm³/mol. The van der Waals surface area contributed by atoms with E-state index in [1.807, 2.05) is 0 Å². The minimum atomic E-state index is -0.762. The number of nitro groups is 1. The van der Waals surface area contributed by atoms with Gasteiger partial charge in [0.2, 0.25) is 11.6 Å². The number of nitrogens with one attached hydrogen (secondary N) is 3. The monoisotopic (exact) mass is 544 g/mol. The standard InChI is InChI=1S/C21H17BrN6O7/c1-34-20(30)12-7-13(21(31)35-2)9-15(8-12)25-17-16(28(32)33)18(24-10-23-17)26-27-19(29)11-3-5-14(22)6-4-11/h3-10H,1-2H3,(H,27,29)(H2,23,24,25,26). The number of hydrogen-bond donors (Lipinski definition) is 3. The highest BCUT2D eigenvalue weighted by Gasteiger charge is 2.24. The van der Waals surface area contributed by atoms with E-state index in [1.165, 1.54) is 18.2 Å². The van der Waals surface area contributed by atoms with Crippen molar-refractivity contribution in [3.05, 3.63) is 80.1 Å². The maximum absolute atomic E-state index is 12.3. The molecular weight excluding hydrogens is 528 g/mol. The molecule has 13 nitrogen and oxygen atoms in total. The SMILES string of the molecule is COC(=O)c1cc(Nc2ncnc(NNC(=O)c3ccc(Br)cc3)c2[N+](=O)[O-])cc(C(=O)OC)c1. The molecule has 3 N–H and O–H groups in total. The summed E-state index contributed by atoms with van der Waals surface area (Å²) in [7, 11) is 2.33. The number of hydrogen-bond acceptors (Lipinski definition) is 11. The minimum Gasteiger partial charge on any atom is -0.465 e. The van der Waals surface area contributed by atoms with E-state index in [4.69, 9.17) is 0 Å². The number of ether oxygens (including phenoxy) is 2. The van der Waals surface area contributed by atoms with E-state index >= 15 is 0 Å². The van der Waals surface area contributed by atoms with Crippen LogP contribution in [0.15, 0.2) is 53.3 Å². The molecule has 0 aliphatic heterocycles. The molecule has 3 aromatic rings. The van der Waals surface area contributed by atoms with Gasteiger partial charge in [0.25, 0.3) is 5.91 Å². The van der Waals surface area contributed by atoms with Crippen molar-refractivity contribution in [3.8, 4) is 0 Å². The van der Waals surface area contributed by atoms with Crippen LogP contribution in [-0.2, 0) is 9.47 Å². The normalized spacial score (nSPS) is 10.1. The second-order valence-corrected chi connectivity index (χ2v) is 7.59. The van der Waals surface area contributed by atoms with Crippen LogP contribution in [0.5, 0.6) is 0 Å². The lowest BCUT2D eigenvalue weighted by molar-refractivity contribution is -0.383. The fourth-order valence-corrected chi connectivity index (χ4v) is 3.10. The molecule has 35 heavy (non-hydrogen) atoms. The molecule has 0 spiro atoms. The van der Waals surface area contributed by atoms with E-state index in [1.54, 1.807) is 24.3 Å². The Hall–Kier alpha value is -4.59. The fraction of sp³-hybridized carbons (Fsp3) is 0.0952. The van der Waals surface area contributed by atoms with Crippen LogP contribution in [0, 0.1) is 10.1 Å². The van der Waals surface area contributed by atoms with Crippen LogP contribution in [0.25, 0.3) is 0 Å². The van der Waals surface area contributed by atoms with Crippen LogP contribution in [0.2, 0.25) is 0 Å². The first kappa shape index (κ1) is 25.0. The Labute approximate surface area is 206 Å². The van der Waals surface area contributed by atoms with Gasteiger partial charge in [-0.15, -0.1) is 0 Å². The summed E-state index contributed by atoms with van der Waals surface area (Å²) >= 11 is 3.27. The predicted octanol–water partition coefficient (Wildman–Crippen LogP) is 3.22. The third kappa shape index (κ3) is 6.05. The Bertz CT molecular complexity index is 1270. The molecule has 2 aromatic carbocycles. The van der Waals surface area contributed by atoms with E-state index in [0.717, 1.165) is 25.0 Å². The van der Waals surface area contributed by atoms with Crippen molar-refractivity contribution in [3.63, 3.8) is 0 Å². The van der Waals surface area contributed by atoms with Gasteiger partial charge in [-0.1, -0.05) is 15.9 Å². The molecule has 0 unspecified atom stereocenters. The lowest BCUT2D eigenvalue weighted by Gasteiger charge is -2.12. The number of aromatic nitrogens is 2. The second-order valence-electron chi connectivity index (χ2n) is 6.67. The molecule has 0 atom stereocenters. The summed E-state index contributed by atoms with van der Waals surface area (Å²) in [6, 6.07) is 10.3. The zero-order valence-corrected chi connectivity index (χ0v) is 19.8. The number of amides is 1. The third-order valence-corrected chi connectivity index (χ3v) is 4.97. The Morgan fingerprint density at radius 3 is 2.03 bits per heavy atom. The molecule has 180 valence electrons. The van der Waals surface area contributed by atoms with Crippen LogP contribution in [0.1, 0.15) is 31.1 Å². The summed E-state index contributed by atoms with van der Waals surface area (Å²) in [6.45, 7) is 0. The summed E-state index contributed by atoms with van der Waals surface area (Å²) in [5.41, 5.74) is 4.55. The molecule has 0 aliphatic carbocycles. The Kier molecular flexibility index (Phi) is 7.88. The maximum Gasteiger partial charge on any atom is 0.355 e. The highest BCUT2D eigenvalue weighted by Crippen LogP contribution is 2.31. The molecule has 3 rings (SSSR count). The van der Waals surface area contributed by atoms with Crippen molar-refractivity contribution in [1.29, 1.82) is 0 Å². The zero-order chi connectivity index (χ0) is 25.5. The molecule has 0 aliphatic rings. The smallest absolute Gasteiger partial charge is 0.355 e. The van der Waals surface area contributed by atoms with Gasteiger partial charge in [0.15, 0.2) is 0 Å². The number of esters is 2. The molecule has 1 heterocycles. The largest absolute Gasteiger partial charge is 0.465 e. The lowest BCUT2D eigenvalue weighted by atomic mass is 10.1. The Morgan fingerprint density at radius 2 is 1.49 bits per heavy atom. The summed E-state index contributed by atoms with van der Waals surface area (Å²) in [6.07, 6.45) is 1.02. The molecule has 1 amide bonds. The molecule has 1 aromatic heterocycles. The van der Waals surface area contributed by atoms with Crippen LogP contribution >= 0.6 is 15.9 Å². The summed E-state index contributed by atoms with van der Waals surface area (Å²) in [5.74, 6) is -2.63. The minimum absolute atomic E-state index is 0.00489. The van der Waals surface area contributed by atoms with Crippen molar-refractivity contribution in [2.75, 3.05) is 25.0 Å². The highest BCUT2D eigenvalue weighted by atomic mass is 79.9. The number of carbonyl (C=O) groups is 3. The van der Waals surface area contributed by atoms with Crippen LogP contribution in [0.4, 0.5) is 23.0 Å². The van der Waals surface area contributed by atoms with Gasteiger partial charge >= 0.3 is 17.6 Å². The molecule has 0 bridgehead atoms. The van der Waals surface area contributed by atoms with Gasteiger partial charge in [-0.25, -0.2) is 19.6 Å². The van der Waals surface area contributed by atoms with E-state index < -0.39 is 28.5 Å². The average Bonchev–Trinajstić information content (AvgIpc) is 2.86. The number of hydrazine groups is 1. The summed E-state index contributed by atoms with van der Waals surface area (Å²) in [4.78, 5) is 55.1. The van der Waals surface area contributed by atoms with Gasteiger partial charge in [0, 0.05) is 15.7 Å². The molecule has 0 fully saturated rings. The first-order chi connectivity index (χ1) is 16.7. The molecule has 0 radical (unpaired) electrons. The van der Waals surface area contributed by atoms with Gasteiger partial charge in [0.05, 0.1) is 30.3 Å². The van der Waals surface area contributed by atoms with Gasteiger partial charge in [0.1, 0.15) is 6.33 Å². The van der Waals surface area contributed by atoms with E-state index in [-0.39, 0.29) is 28.5 Å². The fourth-order valence-electron chi connectivity index (χ4n) is 2.83. The van der Waals surface area contributed by atoms with Crippen LogP contribution in [-0.4, -0.2) is 47.0 Å². The lowest BCUT2D eigenvalue weighted by Crippen LogP contribution is -2.30. The van der Waals surface area contributed by atoms with Gasteiger partial charge in [-0.2, -0.15) is 0 Å².